The highest BCUT2D eigenvalue weighted by Crippen LogP contribution is 2.36. The Morgan fingerprint density at radius 3 is 2.58 bits per heavy atom. The molecule has 0 aromatic heterocycles. The number of carbonyl (C=O) groups is 2. The first-order valence-electron chi connectivity index (χ1n) is 7.49. The Balaban J connectivity index is 1.84. The summed E-state index contributed by atoms with van der Waals surface area (Å²) in [6.45, 7) is -0.692. The highest BCUT2D eigenvalue weighted by Gasteiger charge is 2.33. The van der Waals surface area contributed by atoms with E-state index in [9.17, 15) is 31.2 Å². The maximum atomic E-state index is 12.8. The third kappa shape index (κ3) is 5.87. The molecule has 1 atom stereocenters. The zero-order valence-corrected chi connectivity index (χ0v) is 14.9. The lowest BCUT2D eigenvalue weighted by Gasteiger charge is -2.12. The Morgan fingerprint density at radius 2 is 2.00 bits per heavy atom. The average molecular weight is 414 g/mol. The minimum absolute atomic E-state index is 0.0174. The number of esters is 1. The Hall–Kier alpha value is -1.81. The van der Waals surface area contributed by atoms with Crippen LogP contribution in [0.15, 0.2) is 18.2 Å². The van der Waals surface area contributed by atoms with Crippen molar-refractivity contribution in [3.8, 4) is 0 Å². The van der Waals surface area contributed by atoms with Crippen molar-refractivity contribution in [3.05, 3.63) is 28.8 Å². The molecule has 1 aliphatic heterocycles. The molecule has 0 spiro atoms. The van der Waals surface area contributed by atoms with Crippen LogP contribution < -0.4 is 5.32 Å². The van der Waals surface area contributed by atoms with Gasteiger partial charge in [-0.05, 0) is 30.5 Å². The average Bonchev–Trinajstić information content (AvgIpc) is 2.85. The van der Waals surface area contributed by atoms with E-state index in [0.29, 0.717) is 12.5 Å². The van der Waals surface area contributed by atoms with E-state index in [2.05, 4.69) is 5.32 Å². The highest BCUT2D eigenvalue weighted by atomic mass is 35.5. The van der Waals surface area contributed by atoms with Gasteiger partial charge in [-0.25, -0.2) is 8.42 Å². The van der Waals surface area contributed by atoms with Gasteiger partial charge in [0.1, 0.15) is 0 Å². The topological polar surface area (TPSA) is 89.5 Å². The molecule has 1 heterocycles. The predicted molar refractivity (Wildman–Crippen MR) is 87.4 cm³/mol. The quantitative estimate of drug-likeness (QED) is 0.749. The third-order valence-corrected chi connectivity index (χ3v) is 5.87. The highest BCUT2D eigenvalue weighted by molar-refractivity contribution is 7.91. The van der Waals surface area contributed by atoms with Crippen molar-refractivity contribution in [1.82, 2.24) is 0 Å². The molecule has 1 N–H and O–H groups in total. The van der Waals surface area contributed by atoms with Gasteiger partial charge in [-0.15, -0.1) is 0 Å². The number of amides is 1. The van der Waals surface area contributed by atoms with E-state index in [1.165, 1.54) is 6.07 Å². The van der Waals surface area contributed by atoms with E-state index in [1.54, 1.807) is 0 Å². The summed E-state index contributed by atoms with van der Waals surface area (Å²) >= 11 is 5.48. The number of hydrogen-bond donors (Lipinski definition) is 1. The normalized spacial score (nSPS) is 19.2. The Kier molecular flexibility index (Phi) is 6.17. The van der Waals surface area contributed by atoms with Crippen molar-refractivity contribution in [2.75, 3.05) is 23.4 Å². The number of anilines is 1. The lowest BCUT2D eigenvalue weighted by molar-refractivity contribution is -0.148. The molecule has 0 aliphatic carbocycles. The molecule has 0 bridgehead atoms. The molecule has 11 heteroatoms. The van der Waals surface area contributed by atoms with Gasteiger partial charge in [0, 0.05) is 12.1 Å². The van der Waals surface area contributed by atoms with Crippen LogP contribution in [0.1, 0.15) is 18.4 Å². The first kappa shape index (κ1) is 20.5. The summed E-state index contributed by atoms with van der Waals surface area (Å²) in [4.78, 5) is 23.3. The van der Waals surface area contributed by atoms with Crippen molar-refractivity contribution in [2.24, 2.45) is 5.92 Å². The molecule has 1 fully saturated rings. The maximum Gasteiger partial charge on any atom is 0.417 e. The molecule has 1 aliphatic rings. The van der Waals surface area contributed by atoms with Crippen molar-refractivity contribution in [1.29, 1.82) is 0 Å². The Morgan fingerprint density at radius 1 is 1.31 bits per heavy atom. The molecule has 0 unspecified atom stereocenters. The standard InChI is InChI=1S/C15H15ClF3NO5S/c16-12-2-1-10(6-11(12)15(17,18)19)20-13(21)7-25-14(22)5-9-3-4-26(23,24)8-9/h1-2,6,9H,3-5,7-8H2,(H,20,21)/t9-/m1/s1. The zero-order chi connectivity index (χ0) is 19.5. The lowest BCUT2D eigenvalue weighted by Crippen LogP contribution is -2.22. The van der Waals surface area contributed by atoms with E-state index < -0.39 is 45.1 Å². The van der Waals surface area contributed by atoms with E-state index in [1.807, 2.05) is 0 Å². The van der Waals surface area contributed by atoms with E-state index in [-0.39, 0.29) is 29.5 Å². The molecule has 26 heavy (non-hydrogen) atoms. The van der Waals surface area contributed by atoms with Crippen LogP contribution in [-0.4, -0.2) is 38.4 Å². The van der Waals surface area contributed by atoms with E-state index >= 15 is 0 Å². The van der Waals surface area contributed by atoms with E-state index in [4.69, 9.17) is 16.3 Å². The molecule has 2 rings (SSSR count). The van der Waals surface area contributed by atoms with Gasteiger partial charge >= 0.3 is 12.1 Å². The number of rotatable bonds is 5. The summed E-state index contributed by atoms with van der Waals surface area (Å²) < 4.78 is 65.6. The van der Waals surface area contributed by atoms with Gasteiger partial charge in [0.2, 0.25) is 0 Å². The summed E-state index contributed by atoms with van der Waals surface area (Å²) in [6.07, 6.45) is -4.45. The molecule has 6 nitrogen and oxygen atoms in total. The number of ether oxygens (including phenoxy) is 1. The van der Waals surface area contributed by atoms with Gasteiger partial charge in [0.15, 0.2) is 16.4 Å². The SMILES string of the molecule is O=C(COC(=O)C[C@H]1CCS(=O)(=O)C1)Nc1ccc(Cl)c(C(F)(F)F)c1. The second-order valence-corrected chi connectivity index (χ2v) is 8.51. The summed E-state index contributed by atoms with van der Waals surface area (Å²) in [6, 6.07) is 2.85. The molecule has 0 saturated carbocycles. The summed E-state index contributed by atoms with van der Waals surface area (Å²) in [5.41, 5.74) is -1.25. The molecule has 144 valence electrons. The molecule has 1 aromatic carbocycles. The molecular weight excluding hydrogens is 399 g/mol. The van der Waals surface area contributed by atoms with Crippen molar-refractivity contribution < 1.29 is 35.9 Å². The summed E-state index contributed by atoms with van der Waals surface area (Å²) in [7, 11) is -3.12. The predicted octanol–water partition coefficient (Wildman–Crippen LogP) is 2.67. The number of alkyl halides is 3. The van der Waals surface area contributed by atoms with Crippen LogP contribution in [0.5, 0.6) is 0 Å². The first-order valence-corrected chi connectivity index (χ1v) is 9.69. The fourth-order valence-corrected chi connectivity index (χ4v) is 4.58. The number of benzene rings is 1. The monoisotopic (exact) mass is 413 g/mol. The number of carbonyl (C=O) groups excluding carboxylic acids is 2. The van der Waals surface area contributed by atoms with E-state index in [0.717, 1.165) is 6.07 Å². The summed E-state index contributed by atoms with van der Waals surface area (Å²) in [5.74, 6) is -1.99. The second-order valence-electron chi connectivity index (χ2n) is 5.87. The van der Waals surface area contributed by atoms with Crippen molar-refractivity contribution in [3.63, 3.8) is 0 Å². The molecule has 0 radical (unpaired) electrons. The minimum atomic E-state index is -4.67. The van der Waals surface area contributed by atoms with Gasteiger partial charge in [-0.3, -0.25) is 9.59 Å². The second kappa shape index (κ2) is 7.83. The number of hydrogen-bond acceptors (Lipinski definition) is 5. The van der Waals surface area contributed by atoms with Crippen LogP contribution in [-0.2, 0) is 30.3 Å². The van der Waals surface area contributed by atoms with Crippen LogP contribution >= 0.6 is 11.6 Å². The first-order chi connectivity index (χ1) is 12.0. The fourth-order valence-electron chi connectivity index (χ4n) is 2.49. The maximum absolute atomic E-state index is 12.8. The zero-order valence-electron chi connectivity index (χ0n) is 13.3. The van der Waals surface area contributed by atoms with Crippen LogP contribution in [0.3, 0.4) is 0 Å². The largest absolute Gasteiger partial charge is 0.456 e. The summed E-state index contributed by atoms with van der Waals surface area (Å²) in [5, 5.41) is 1.67. The smallest absolute Gasteiger partial charge is 0.417 e. The Bertz CT molecular complexity index is 810. The Labute approximate surface area is 152 Å². The molecule has 1 aromatic rings. The molecule has 1 amide bonds. The van der Waals surface area contributed by atoms with Crippen LogP contribution in [0.2, 0.25) is 5.02 Å². The van der Waals surface area contributed by atoms with Crippen LogP contribution in [0.4, 0.5) is 18.9 Å². The van der Waals surface area contributed by atoms with Gasteiger partial charge in [0.25, 0.3) is 5.91 Å². The third-order valence-electron chi connectivity index (χ3n) is 3.70. The number of sulfone groups is 1. The van der Waals surface area contributed by atoms with Crippen molar-refractivity contribution in [2.45, 2.75) is 19.0 Å². The number of nitrogens with one attached hydrogen (secondary N) is 1. The lowest BCUT2D eigenvalue weighted by atomic mass is 10.1. The fraction of sp³-hybridized carbons (Fsp3) is 0.467. The van der Waals surface area contributed by atoms with Crippen LogP contribution in [0, 0.1) is 5.92 Å². The van der Waals surface area contributed by atoms with Gasteiger partial charge < -0.3 is 10.1 Å². The molecular formula is C15H15ClF3NO5S. The molecule has 1 saturated heterocycles. The van der Waals surface area contributed by atoms with Crippen LogP contribution in [0.25, 0.3) is 0 Å². The number of halogens is 4. The van der Waals surface area contributed by atoms with Gasteiger partial charge in [-0.1, -0.05) is 11.6 Å². The van der Waals surface area contributed by atoms with Gasteiger partial charge in [0.05, 0.1) is 22.1 Å². The minimum Gasteiger partial charge on any atom is -0.456 e. The van der Waals surface area contributed by atoms with Crippen molar-refractivity contribution >= 4 is 39.0 Å². The van der Waals surface area contributed by atoms with Gasteiger partial charge in [-0.2, -0.15) is 13.2 Å².